The van der Waals surface area contributed by atoms with Crippen LogP contribution in [0.3, 0.4) is 0 Å². The molecular formula is C31H43N7O4S. The van der Waals surface area contributed by atoms with E-state index in [0.29, 0.717) is 37.4 Å². The molecule has 0 bridgehead atoms. The number of benzene rings is 1. The Morgan fingerprint density at radius 3 is 2.60 bits per heavy atom. The minimum Gasteiger partial charge on any atom is -0.390 e. The van der Waals surface area contributed by atoms with Crippen LogP contribution in [0.2, 0.25) is 0 Å². The summed E-state index contributed by atoms with van der Waals surface area (Å²) in [6, 6.07) is 5.86. The molecule has 4 atom stereocenters. The predicted molar refractivity (Wildman–Crippen MR) is 165 cm³/mol. The predicted octanol–water partition coefficient (Wildman–Crippen LogP) is 3.52. The highest BCUT2D eigenvalue weighted by Gasteiger charge is 2.44. The number of sulfonamides is 1. The quantitative estimate of drug-likeness (QED) is 0.219. The molecule has 232 valence electrons. The largest absolute Gasteiger partial charge is 0.390 e. The maximum absolute atomic E-state index is 12.7. The third kappa shape index (κ3) is 6.47. The third-order valence-electron chi connectivity index (χ3n) is 9.12. The van der Waals surface area contributed by atoms with E-state index in [1.54, 1.807) is 6.33 Å². The summed E-state index contributed by atoms with van der Waals surface area (Å²) in [5.41, 5.74) is 5.53. The van der Waals surface area contributed by atoms with Crippen molar-refractivity contribution >= 4 is 32.2 Å². The Labute approximate surface area is 252 Å². The zero-order chi connectivity index (χ0) is 30.5. The lowest BCUT2D eigenvalue weighted by atomic mass is 9.87. The fourth-order valence-electron chi connectivity index (χ4n) is 6.33. The lowest BCUT2D eigenvalue weighted by Gasteiger charge is -2.25. The summed E-state index contributed by atoms with van der Waals surface area (Å²) in [6.45, 7) is 7.03. The van der Waals surface area contributed by atoms with Gasteiger partial charge in [-0.05, 0) is 67.6 Å². The van der Waals surface area contributed by atoms with Crippen molar-refractivity contribution in [3.8, 4) is 0 Å². The van der Waals surface area contributed by atoms with Crippen molar-refractivity contribution in [2.75, 3.05) is 19.3 Å². The topological polar surface area (TPSA) is 150 Å². The normalized spacial score (nSPS) is 23.2. The summed E-state index contributed by atoms with van der Waals surface area (Å²) in [7, 11) is -3.52. The lowest BCUT2D eigenvalue weighted by molar-refractivity contribution is 0.00396. The highest BCUT2D eigenvalue weighted by Crippen LogP contribution is 2.39. The van der Waals surface area contributed by atoms with Crippen molar-refractivity contribution in [2.24, 2.45) is 11.8 Å². The van der Waals surface area contributed by atoms with Gasteiger partial charge in [-0.3, -0.25) is 0 Å². The maximum atomic E-state index is 12.7. The molecule has 6 rings (SSSR count). The van der Waals surface area contributed by atoms with Crippen LogP contribution in [0.4, 0.5) is 0 Å². The molecule has 2 saturated carbocycles. The van der Waals surface area contributed by atoms with Crippen LogP contribution in [0.5, 0.6) is 0 Å². The molecule has 1 aromatic carbocycles. The number of rotatable bonds is 11. The number of imidazole rings is 2. The van der Waals surface area contributed by atoms with Crippen LogP contribution in [0.15, 0.2) is 30.9 Å². The molecule has 2 fully saturated rings. The number of hydrogen-bond donors (Lipinski definition) is 3. The summed E-state index contributed by atoms with van der Waals surface area (Å²) in [5, 5.41) is 22.0. The van der Waals surface area contributed by atoms with Crippen LogP contribution in [0.25, 0.3) is 22.2 Å². The van der Waals surface area contributed by atoms with Crippen molar-refractivity contribution in [2.45, 2.75) is 89.4 Å². The Bertz CT molecular complexity index is 1710. The second-order valence-corrected chi connectivity index (χ2v) is 15.6. The van der Waals surface area contributed by atoms with E-state index in [1.807, 2.05) is 10.6 Å². The molecule has 3 heterocycles. The summed E-state index contributed by atoms with van der Waals surface area (Å²) >= 11 is 0. The molecule has 0 amide bonds. The Hall–Kier alpha value is -2.93. The molecule has 0 unspecified atom stereocenters. The van der Waals surface area contributed by atoms with E-state index in [2.05, 4.69) is 52.8 Å². The zero-order valence-electron chi connectivity index (χ0n) is 25.4. The van der Waals surface area contributed by atoms with Gasteiger partial charge in [-0.25, -0.2) is 32.7 Å². The molecule has 2 aliphatic rings. The highest BCUT2D eigenvalue weighted by atomic mass is 32.2. The summed E-state index contributed by atoms with van der Waals surface area (Å²) in [4.78, 5) is 21.6. The molecule has 3 N–H and O–H groups in total. The van der Waals surface area contributed by atoms with Crippen LogP contribution in [-0.2, 0) is 28.3 Å². The Morgan fingerprint density at radius 2 is 1.88 bits per heavy atom. The number of aryl methyl sites for hydroxylation is 1. The van der Waals surface area contributed by atoms with Crippen LogP contribution in [0.1, 0.15) is 76.0 Å². The van der Waals surface area contributed by atoms with Crippen LogP contribution >= 0.6 is 0 Å². The first-order chi connectivity index (χ1) is 20.4. The first-order valence-corrected chi connectivity index (χ1v) is 17.2. The average molecular weight is 610 g/mol. The minimum absolute atomic E-state index is 0.0531. The molecule has 11 nitrogen and oxygen atoms in total. The summed E-state index contributed by atoms with van der Waals surface area (Å²) in [6.07, 6.45) is 8.10. The van der Waals surface area contributed by atoms with Crippen molar-refractivity contribution in [1.29, 1.82) is 0 Å². The van der Waals surface area contributed by atoms with E-state index in [0.717, 1.165) is 40.9 Å². The number of aliphatic hydroxyl groups excluding tert-OH is 2. The highest BCUT2D eigenvalue weighted by molar-refractivity contribution is 7.88. The van der Waals surface area contributed by atoms with E-state index in [1.165, 1.54) is 35.3 Å². The Balaban J connectivity index is 1.09. The smallest absolute Gasteiger partial charge is 0.211 e. The van der Waals surface area contributed by atoms with Gasteiger partial charge in [-0.15, -0.1) is 0 Å². The Kier molecular flexibility index (Phi) is 8.08. The van der Waals surface area contributed by atoms with Crippen LogP contribution in [0, 0.1) is 11.8 Å². The van der Waals surface area contributed by atoms with Gasteiger partial charge in [0.2, 0.25) is 10.0 Å². The number of H-pyrrole nitrogens is 1. The van der Waals surface area contributed by atoms with Gasteiger partial charge in [-0.2, -0.15) is 0 Å². The zero-order valence-corrected chi connectivity index (χ0v) is 26.3. The molecular weight excluding hydrogens is 566 g/mol. The van der Waals surface area contributed by atoms with Gasteiger partial charge >= 0.3 is 0 Å². The SMILES string of the molecule is CC(C)(C)c1ccc2nc(CCCCN(C[C@H]3C[C@@H](n4cnc5c(CC6CC6)ncnc54)[C@H](O)[C@@H]3O)S(C)(=O)=O)[nH]c2c1. The van der Waals surface area contributed by atoms with Gasteiger partial charge < -0.3 is 19.8 Å². The molecule has 4 aromatic rings. The molecule has 0 spiro atoms. The monoisotopic (exact) mass is 609 g/mol. The first kappa shape index (κ1) is 30.1. The first-order valence-electron chi connectivity index (χ1n) is 15.4. The third-order valence-corrected chi connectivity index (χ3v) is 10.4. The summed E-state index contributed by atoms with van der Waals surface area (Å²) < 4.78 is 28.8. The van der Waals surface area contributed by atoms with E-state index in [-0.39, 0.29) is 12.0 Å². The van der Waals surface area contributed by atoms with Crippen molar-refractivity contribution in [3.63, 3.8) is 0 Å². The van der Waals surface area contributed by atoms with E-state index < -0.39 is 34.2 Å². The van der Waals surface area contributed by atoms with Gasteiger partial charge in [0.05, 0.1) is 41.5 Å². The van der Waals surface area contributed by atoms with Gasteiger partial charge in [0, 0.05) is 25.4 Å². The van der Waals surface area contributed by atoms with Gasteiger partial charge in [-0.1, -0.05) is 26.8 Å². The summed E-state index contributed by atoms with van der Waals surface area (Å²) in [5.74, 6) is 1.11. The fraction of sp³-hybridized carbons (Fsp3) is 0.613. The van der Waals surface area contributed by atoms with Gasteiger partial charge in [0.1, 0.15) is 23.8 Å². The van der Waals surface area contributed by atoms with Crippen molar-refractivity contribution in [1.82, 2.24) is 33.8 Å². The van der Waals surface area contributed by atoms with Gasteiger partial charge in [0.15, 0.2) is 5.65 Å². The number of aliphatic hydroxyl groups is 2. The molecule has 0 radical (unpaired) electrons. The second-order valence-electron chi connectivity index (χ2n) is 13.6. The van der Waals surface area contributed by atoms with E-state index in [9.17, 15) is 18.6 Å². The maximum Gasteiger partial charge on any atom is 0.211 e. The molecule has 0 aliphatic heterocycles. The number of hydrogen-bond acceptors (Lipinski definition) is 8. The van der Waals surface area contributed by atoms with E-state index >= 15 is 0 Å². The number of unbranched alkanes of at least 4 members (excludes halogenated alkanes) is 1. The standard InChI is InChI=1S/C31H43N7O4S/c1-31(2,3)21-10-11-22-23(15-21)36-26(35-22)7-5-6-12-37(43(4,41)42)16-20-14-25(29(40)28(20)39)38-18-34-27-24(13-19-8-9-19)32-17-33-30(27)38/h10-11,15,17-20,25,28-29,39-40H,5-9,12-14,16H2,1-4H3,(H,35,36)/t20-,25-,28-,29+/m1/s1. The van der Waals surface area contributed by atoms with Crippen LogP contribution < -0.4 is 0 Å². The minimum atomic E-state index is -3.52. The average Bonchev–Trinajstić information content (AvgIpc) is 3.39. The lowest BCUT2D eigenvalue weighted by Crippen LogP contribution is -2.39. The number of aromatic amines is 1. The molecule has 0 saturated heterocycles. The number of nitrogens with one attached hydrogen (secondary N) is 1. The van der Waals surface area contributed by atoms with Gasteiger partial charge in [0.25, 0.3) is 0 Å². The molecule has 3 aromatic heterocycles. The second kappa shape index (κ2) is 11.5. The van der Waals surface area contributed by atoms with E-state index in [4.69, 9.17) is 4.98 Å². The molecule has 2 aliphatic carbocycles. The van der Waals surface area contributed by atoms with Crippen molar-refractivity contribution in [3.05, 3.63) is 47.9 Å². The number of fused-ring (bicyclic) bond motifs is 2. The molecule has 43 heavy (non-hydrogen) atoms. The fourth-order valence-corrected chi connectivity index (χ4v) is 7.25. The van der Waals surface area contributed by atoms with Crippen LogP contribution in [-0.4, -0.2) is 84.0 Å². The molecule has 12 heteroatoms. The van der Waals surface area contributed by atoms with Crippen molar-refractivity contribution < 1.29 is 18.6 Å². The Morgan fingerprint density at radius 1 is 1.09 bits per heavy atom. The number of nitrogens with zero attached hydrogens (tertiary/aromatic N) is 6. The number of aromatic nitrogens is 6.